The van der Waals surface area contributed by atoms with Crippen molar-refractivity contribution in [1.82, 2.24) is 15.2 Å². The smallest absolute Gasteiger partial charge is 0.223 e. The lowest BCUT2D eigenvalue weighted by molar-refractivity contribution is -0.133. The number of hydrogen-bond acceptors (Lipinski definition) is 4. The number of ether oxygens (including phenoxy) is 1. The molecule has 0 atom stereocenters. The average Bonchev–Trinajstić information content (AvgIpc) is 2.39. The number of nitrogens with one attached hydrogen (secondary N) is 1. The van der Waals surface area contributed by atoms with E-state index in [2.05, 4.69) is 10.3 Å². The fourth-order valence-electron chi connectivity index (χ4n) is 2.05. The molecule has 1 N–H and O–H groups in total. The predicted octanol–water partition coefficient (Wildman–Crippen LogP) is 0.666. The molecule has 2 heterocycles. The summed E-state index contributed by atoms with van der Waals surface area (Å²) in [6.45, 7) is 3.64. The van der Waals surface area contributed by atoms with Gasteiger partial charge < -0.3 is 15.0 Å². The van der Waals surface area contributed by atoms with Crippen molar-refractivity contribution in [1.29, 1.82) is 0 Å². The predicted molar refractivity (Wildman–Crippen MR) is 72.5 cm³/mol. The molecule has 1 amide bonds. The Bertz CT molecular complexity index is 393. The zero-order valence-corrected chi connectivity index (χ0v) is 11.3. The van der Waals surface area contributed by atoms with E-state index in [-0.39, 0.29) is 5.91 Å². The molecule has 1 saturated heterocycles. The largest absolute Gasteiger partial charge is 0.383 e. The van der Waals surface area contributed by atoms with Crippen LogP contribution in [0.25, 0.3) is 0 Å². The highest BCUT2D eigenvalue weighted by Gasteiger charge is 2.23. The van der Waals surface area contributed by atoms with Crippen molar-refractivity contribution >= 4 is 5.91 Å². The molecule has 0 radical (unpaired) electrons. The Labute approximate surface area is 114 Å². The second-order valence-corrected chi connectivity index (χ2v) is 4.86. The van der Waals surface area contributed by atoms with Gasteiger partial charge in [-0.05, 0) is 31.1 Å². The van der Waals surface area contributed by atoms with Gasteiger partial charge in [0.25, 0.3) is 0 Å². The van der Waals surface area contributed by atoms with Crippen molar-refractivity contribution in [2.24, 2.45) is 5.92 Å². The van der Waals surface area contributed by atoms with Gasteiger partial charge >= 0.3 is 0 Å². The molecule has 1 fully saturated rings. The third-order valence-electron chi connectivity index (χ3n) is 3.33. The van der Waals surface area contributed by atoms with Crippen LogP contribution in [0.5, 0.6) is 0 Å². The summed E-state index contributed by atoms with van der Waals surface area (Å²) >= 11 is 0. The highest BCUT2D eigenvalue weighted by Crippen LogP contribution is 2.12. The number of methoxy groups -OCH3 is 1. The highest BCUT2D eigenvalue weighted by molar-refractivity contribution is 5.76. The Morgan fingerprint density at radius 1 is 1.53 bits per heavy atom. The summed E-state index contributed by atoms with van der Waals surface area (Å²) in [6.07, 6.45) is 2.37. The number of carbonyl (C=O) groups excluding carboxylic acids is 1. The van der Waals surface area contributed by atoms with E-state index in [1.807, 2.05) is 23.1 Å². The molecule has 0 aromatic carbocycles. The van der Waals surface area contributed by atoms with Crippen LogP contribution in [0.15, 0.2) is 24.4 Å². The van der Waals surface area contributed by atoms with Crippen molar-refractivity contribution in [3.8, 4) is 0 Å². The van der Waals surface area contributed by atoms with Crippen LogP contribution in [0.4, 0.5) is 0 Å². The number of aromatic nitrogens is 1. The molecule has 0 aliphatic carbocycles. The first-order valence-corrected chi connectivity index (χ1v) is 6.67. The summed E-state index contributed by atoms with van der Waals surface area (Å²) < 4.78 is 5.08. The van der Waals surface area contributed by atoms with Gasteiger partial charge in [-0.25, -0.2) is 0 Å². The molecule has 1 aromatic heterocycles. The van der Waals surface area contributed by atoms with Gasteiger partial charge in [-0.3, -0.25) is 9.78 Å². The van der Waals surface area contributed by atoms with Crippen LogP contribution in [0.1, 0.15) is 12.1 Å². The molecule has 2 rings (SSSR count). The minimum Gasteiger partial charge on any atom is -0.383 e. The Balaban J connectivity index is 1.91. The van der Waals surface area contributed by atoms with Gasteiger partial charge in [0.15, 0.2) is 0 Å². The van der Waals surface area contributed by atoms with E-state index in [0.29, 0.717) is 32.0 Å². The van der Waals surface area contributed by atoms with E-state index in [4.69, 9.17) is 4.74 Å². The van der Waals surface area contributed by atoms with E-state index in [1.165, 1.54) is 0 Å². The lowest BCUT2D eigenvalue weighted by Crippen LogP contribution is -2.45. The zero-order chi connectivity index (χ0) is 13.5. The Kier molecular flexibility index (Phi) is 5.30. The first-order chi connectivity index (χ1) is 9.29. The maximum absolute atomic E-state index is 12.3. The highest BCUT2D eigenvalue weighted by atomic mass is 16.5. The third-order valence-corrected chi connectivity index (χ3v) is 3.33. The molecule has 5 nitrogen and oxygen atoms in total. The molecule has 5 heteroatoms. The van der Waals surface area contributed by atoms with Crippen molar-refractivity contribution in [3.05, 3.63) is 30.1 Å². The lowest BCUT2D eigenvalue weighted by atomic mass is 9.98. The summed E-state index contributed by atoms with van der Waals surface area (Å²) in [6, 6.07) is 5.76. The zero-order valence-electron chi connectivity index (χ0n) is 11.3. The van der Waals surface area contributed by atoms with E-state index in [9.17, 15) is 4.79 Å². The monoisotopic (exact) mass is 263 g/mol. The number of rotatable bonds is 7. The summed E-state index contributed by atoms with van der Waals surface area (Å²) in [5.41, 5.74) is 0.915. The van der Waals surface area contributed by atoms with E-state index < -0.39 is 0 Å². The average molecular weight is 263 g/mol. The summed E-state index contributed by atoms with van der Waals surface area (Å²) in [5, 5.41) is 3.19. The standard InChI is InChI=1S/C14H21N3O2/c1-19-7-6-17(11-13-4-2-3-5-16-13)14(18)8-12-9-15-10-12/h2-5,12,15H,6-11H2,1H3. The van der Waals surface area contributed by atoms with Crippen molar-refractivity contribution in [2.75, 3.05) is 33.4 Å². The van der Waals surface area contributed by atoms with Gasteiger partial charge in [0.2, 0.25) is 5.91 Å². The van der Waals surface area contributed by atoms with Crippen LogP contribution >= 0.6 is 0 Å². The number of pyridine rings is 1. The fraction of sp³-hybridized carbons (Fsp3) is 0.571. The molecular weight excluding hydrogens is 242 g/mol. The van der Waals surface area contributed by atoms with Crippen LogP contribution in [-0.2, 0) is 16.1 Å². The number of nitrogens with zero attached hydrogens (tertiary/aromatic N) is 2. The van der Waals surface area contributed by atoms with E-state index >= 15 is 0 Å². The van der Waals surface area contributed by atoms with Crippen molar-refractivity contribution in [3.63, 3.8) is 0 Å². The van der Waals surface area contributed by atoms with E-state index in [1.54, 1.807) is 13.3 Å². The maximum atomic E-state index is 12.3. The van der Waals surface area contributed by atoms with Crippen LogP contribution < -0.4 is 5.32 Å². The molecule has 104 valence electrons. The van der Waals surface area contributed by atoms with Crippen LogP contribution in [0.2, 0.25) is 0 Å². The molecule has 0 spiro atoms. The molecule has 1 aliphatic rings. The van der Waals surface area contributed by atoms with Gasteiger partial charge in [0.1, 0.15) is 0 Å². The molecule has 1 aromatic rings. The van der Waals surface area contributed by atoms with Crippen LogP contribution in [0.3, 0.4) is 0 Å². The maximum Gasteiger partial charge on any atom is 0.223 e. The fourth-order valence-corrected chi connectivity index (χ4v) is 2.05. The Morgan fingerprint density at radius 3 is 2.95 bits per heavy atom. The third kappa shape index (κ3) is 4.29. The number of amides is 1. The number of hydrogen-bond donors (Lipinski definition) is 1. The second-order valence-electron chi connectivity index (χ2n) is 4.86. The quantitative estimate of drug-likeness (QED) is 0.785. The van der Waals surface area contributed by atoms with Crippen LogP contribution in [0, 0.1) is 5.92 Å². The van der Waals surface area contributed by atoms with Gasteiger partial charge in [-0.1, -0.05) is 6.07 Å². The molecule has 1 aliphatic heterocycles. The van der Waals surface area contributed by atoms with Crippen molar-refractivity contribution < 1.29 is 9.53 Å². The topological polar surface area (TPSA) is 54.5 Å². The first-order valence-electron chi connectivity index (χ1n) is 6.67. The normalized spacial score (nSPS) is 15.0. The molecule has 0 bridgehead atoms. The van der Waals surface area contributed by atoms with Gasteiger partial charge in [0.05, 0.1) is 18.8 Å². The number of carbonyl (C=O) groups is 1. The SMILES string of the molecule is COCCN(Cc1ccccn1)C(=O)CC1CNC1. The van der Waals surface area contributed by atoms with Gasteiger partial charge in [0, 0.05) is 26.3 Å². The van der Waals surface area contributed by atoms with Crippen LogP contribution in [-0.4, -0.2) is 49.1 Å². The summed E-state index contributed by atoms with van der Waals surface area (Å²) in [7, 11) is 1.65. The van der Waals surface area contributed by atoms with Gasteiger partial charge in [-0.15, -0.1) is 0 Å². The minimum atomic E-state index is 0.189. The van der Waals surface area contributed by atoms with Crippen molar-refractivity contribution in [2.45, 2.75) is 13.0 Å². The van der Waals surface area contributed by atoms with E-state index in [0.717, 1.165) is 18.8 Å². The minimum absolute atomic E-state index is 0.189. The second kappa shape index (κ2) is 7.21. The summed E-state index contributed by atoms with van der Waals surface area (Å²) in [5.74, 6) is 0.676. The Morgan fingerprint density at radius 2 is 2.37 bits per heavy atom. The molecule has 0 unspecified atom stereocenters. The summed E-state index contributed by atoms with van der Waals surface area (Å²) in [4.78, 5) is 18.4. The Hall–Kier alpha value is -1.46. The molecular formula is C14H21N3O2. The molecule has 0 saturated carbocycles. The first kappa shape index (κ1) is 14.0. The molecule has 19 heavy (non-hydrogen) atoms. The van der Waals surface area contributed by atoms with Gasteiger partial charge in [-0.2, -0.15) is 0 Å². The lowest BCUT2D eigenvalue weighted by Gasteiger charge is -2.29.